The SMILES string of the molecule is NCc1ccc(-c2cc(Cl)c3ccc(C(=O)N4CCN(CCCC(=O)O)CC4)cc3n2)cc1CN. The molecule has 9 heteroatoms. The average Bonchev–Trinajstić information content (AvgIpc) is 2.87. The van der Waals surface area contributed by atoms with Gasteiger partial charge in [0.15, 0.2) is 0 Å². The molecule has 5 N–H and O–H groups in total. The fourth-order valence-electron chi connectivity index (χ4n) is 4.45. The van der Waals surface area contributed by atoms with E-state index in [1.807, 2.05) is 35.2 Å². The van der Waals surface area contributed by atoms with Crippen LogP contribution in [-0.4, -0.2) is 64.5 Å². The highest BCUT2D eigenvalue weighted by atomic mass is 35.5. The van der Waals surface area contributed by atoms with Gasteiger partial charge >= 0.3 is 5.97 Å². The summed E-state index contributed by atoms with van der Waals surface area (Å²) in [5, 5.41) is 10.2. The first-order chi connectivity index (χ1) is 16.9. The predicted molar refractivity (Wildman–Crippen MR) is 137 cm³/mol. The first-order valence-electron chi connectivity index (χ1n) is 11.8. The number of fused-ring (bicyclic) bond motifs is 1. The number of carbonyl (C=O) groups excluding carboxylic acids is 1. The molecule has 1 aliphatic heterocycles. The van der Waals surface area contributed by atoms with Crippen LogP contribution in [0.2, 0.25) is 5.02 Å². The van der Waals surface area contributed by atoms with Gasteiger partial charge in [-0.15, -0.1) is 0 Å². The number of nitrogens with two attached hydrogens (primary N) is 2. The molecule has 0 saturated carbocycles. The molecule has 1 fully saturated rings. The number of halogens is 1. The van der Waals surface area contributed by atoms with Crippen LogP contribution in [0, 0.1) is 0 Å². The molecule has 3 aromatic rings. The first kappa shape index (κ1) is 25.1. The minimum absolute atomic E-state index is 0.0434. The molecule has 1 aliphatic rings. The molecule has 0 spiro atoms. The van der Waals surface area contributed by atoms with E-state index >= 15 is 0 Å². The standard InChI is InChI=1S/C26H30ClN5O3/c27-22-14-23(17-3-4-19(15-28)20(12-17)16-29)30-24-13-18(5-6-21(22)24)26(35)32-10-8-31(9-11-32)7-1-2-25(33)34/h3-6,12-14H,1-2,7-11,15-16,28-29H2,(H,33,34). The van der Waals surface area contributed by atoms with E-state index in [9.17, 15) is 9.59 Å². The molecule has 1 aromatic heterocycles. The van der Waals surface area contributed by atoms with E-state index in [0.717, 1.165) is 41.7 Å². The highest BCUT2D eigenvalue weighted by Gasteiger charge is 2.22. The third-order valence-electron chi connectivity index (χ3n) is 6.47. The lowest BCUT2D eigenvalue weighted by molar-refractivity contribution is -0.137. The maximum Gasteiger partial charge on any atom is 0.303 e. The number of hydrogen-bond donors (Lipinski definition) is 3. The van der Waals surface area contributed by atoms with E-state index in [0.29, 0.717) is 54.4 Å². The number of nitrogens with zero attached hydrogens (tertiary/aromatic N) is 3. The van der Waals surface area contributed by atoms with Gasteiger partial charge in [0, 0.05) is 62.2 Å². The van der Waals surface area contributed by atoms with Crippen molar-refractivity contribution < 1.29 is 14.7 Å². The number of carboxylic acids is 1. The number of pyridine rings is 1. The van der Waals surface area contributed by atoms with Crippen LogP contribution in [0.1, 0.15) is 34.3 Å². The van der Waals surface area contributed by atoms with Crippen molar-refractivity contribution in [3.8, 4) is 11.3 Å². The lowest BCUT2D eigenvalue weighted by Crippen LogP contribution is -2.48. The van der Waals surface area contributed by atoms with Crippen molar-refractivity contribution in [2.45, 2.75) is 25.9 Å². The van der Waals surface area contributed by atoms with Crippen LogP contribution in [0.5, 0.6) is 0 Å². The van der Waals surface area contributed by atoms with Crippen LogP contribution in [-0.2, 0) is 17.9 Å². The maximum absolute atomic E-state index is 13.2. The molecule has 184 valence electrons. The van der Waals surface area contributed by atoms with E-state index in [-0.39, 0.29) is 12.3 Å². The van der Waals surface area contributed by atoms with Crippen molar-refractivity contribution in [2.75, 3.05) is 32.7 Å². The Morgan fingerprint density at radius 3 is 2.40 bits per heavy atom. The monoisotopic (exact) mass is 495 g/mol. The van der Waals surface area contributed by atoms with Gasteiger partial charge in [-0.25, -0.2) is 4.98 Å². The highest BCUT2D eigenvalue weighted by molar-refractivity contribution is 6.35. The lowest BCUT2D eigenvalue weighted by atomic mass is 10.0. The Bertz CT molecular complexity index is 1240. The van der Waals surface area contributed by atoms with Crippen molar-refractivity contribution in [1.82, 2.24) is 14.8 Å². The number of hydrogen-bond acceptors (Lipinski definition) is 6. The summed E-state index contributed by atoms with van der Waals surface area (Å²) in [4.78, 5) is 32.7. The van der Waals surface area contributed by atoms with Gasteiger partial charge in [0.1, 0.15) is 0 Å². The predicted octanol–water partition coefficient (Wildman–Crippen LogP) is 3.10. The highest BCUT2D eigenvalue weighted by Crippen LogP contribution is 2.30. The topological polar surface area (TPSA) is 126 Å². The van der Waals surface area contributed by atoms with E-state index < -0.39 is 5.97 Å². The minimum atomic E-state index is -0.778. The summed E-state index contributed by atoms with van der Waals surface area (Å²) < 4.78 is 0. The first-order valence-corrected chi connectivity index (χ1v) is 12.1. The number of benzene rings is 2. The molecule has 0 aliphatic carbocycles. The van der Waals surface area contributed by atoms with Crippen molar-refractivity contribution in [3.05, 3.63) is 64.2 Å². The number of carbonyl (C=O) groups is 2. The summed E-state index contributed by atoms with van der Waals surface area (Å²) in [5.74, 6) is -0.822. The van der Waals surface area contributed by atoms with Crippen molar-refractivity contribution in [2.24, 2.45) is 11.5 Å². The minimum Gasteiger partial charge on any atom is -0.481 e. The number of aromatic nitrogens is 1. The molecule has 2 heterocycles. The second-order valence-corrected chi connectivity index (χ2v) is 9.15. The van der Waals surface area contributed by atoms with E-state index in [1.54, 1.807) is 12.1 Å². The van der Waals surface area contributed by atoms with Gasteiger partial charge in [-0.05, 0) is 48.4 Å². The van der Waals surface area contributed by atoms with E-state index in [4.69, 9.17) is 33.2 Å². The smallest absolute Gasteiger partial charge is 0.303 e. The Balaban J connectivity index is 1.52. The van der Waals surface area contributed by atoms with Crippen LogP contribution in [0.25, 0.3) is 22.2 Å². The van der Waals surface area contributed by atoms with Gasteiger partial charge in [0.2, 0.25) is 0 Å². The molecule has 1 amide bonds. The number of aliphatic carboxylic acids is 1. The van der Waals surface area contributed by atoms with Crippen molar-refractivity contribution in [1.29, 1.82) is 0 Å². The number of piperazine rings is 1. The quantitative estimate of drug-likeness (QED) is 0.438. The summed E-state index contributed by atoms with van der Waals surface area (Å²) in [6.07, 6.45) is 0.781. The third-order valence-corrected chi connectivity index (χ3v) is 6.79. The van der Waals surface area contributed by atoms with E-state index in [2.05, 4.69) is 4.90 Å². The molecule has 1 saturated heterocycles. The molecule has 0 bridgehead atoms. The molecule has 4 rings (SSSR count). The molecular formula is C26H30ClN5O3. The molecule has 0 unspecified atom stereocenters. The van der Waals surface area contributed by atoms with Crippen LogP contribution < -0.4 is 11.5 Å². The second-order valence-electron chi connectivity index (χ2n) is 8.74. The molecule has 35 heavy (non-hydrogen) atoms. The Labute approximate surface area is 209 Å². The van der Waals surface area contributed by atoms with Gasteiger partial charge in [-0.1, -0.05) is 29.8 Å². The lowest BCUT2D eigenvalue weighted by Gasteiger charge is -2.34. The molecule has 2 aromatic carbocycles. The Morgan fingerprint density at radius 2 is 1.71 bits per heavy atom. The summed E-state index contributed by atoms with van der Waals surface area (Å²) >= 11 is 6.58. The van der Waals surface area contributed by atoms with Crippen LogP contribution in [0.3, 0.4) is 0 Å². The summed E-state index contributed by atoms with van der Waals surface area (Å²) in [7, 11) is 0. The fourth-order valence-corrected chi connectivity index (χ4v) is 4.72. The number of carboxylic acid groups (broad SMARTS) is 1. The Morgan fingerprint density at radius 1 is 0.971 bits per heavy atom. The molecular weight excluding hydrogens is 466 g/mol. The van der Waals surface area contributed by atoms with Crippen LogP contribution in [0.4, 0.5) is 0 Å². The Kier molecular flexibility index (Phi) is 7.97. The average molecular weight is 496 g/mol. The zero-order valence-electron chi connectivity index (χ0n) is 19.5. The molecule has 8 nitrogen and oxygen atoms in total. The normalized spacial score (nSPS) is 14.4. The molecule has 0 radical (unpaired) electrons. The van der Waals surface area contributed by atoms with Crippen LogP contribution >= 0.6 is 11.6 Å². The van der Waals surface area contributed by atoms with Gasteiger partial charge in [-0.2, -0.15) is 0 Å². The van der Waals surface area contributed by atoms with Crippen molar-refractivity contribution >= 4 is 34.4 Å². The molecule has 0 atom stereocenters. The Hall–Kier alpha value is -3.04. The maximum atomic E-state index is 13.2. The van der Waals surface area contributed by atoms with Gasteiger partial charge in [0.25, 0.3) is 5.91 Å². The van der Waals surface area contributed by atoms with E-state index in [1.165, 1.54) is 0 Å². The largest absolute Gasteiger partial charge is 0.481 e. The summed E-state index contributed by atoms with van der Waals surface area (Å²) in [5.41, 5.74) is 16.5. The third kappa shape index (κ3) is 5.79. The zero-order chi connectivity index (χ0) is 24.9. The fraction of sp³-hybridized carbons (Fsp3) is 0.346. The van der Waals surface area contributed by atoms with Gasteiger partial charge in [0.05, 0.1) is 16.2 Å². The van der Waals surface area contributed by atoms with Gasteiger partial charge < -0.3 is 21.5 Å². The second kappa shape index (κ2) is 11.1. The number of amides is 1. The van der Waals surface area contributed by atoms with Gasteiger partial charge in [-0.3, -0.25) is 14.5 Å². The summed E-state index contributed by atoms with van der Waals surface area (Å²) in [6.45, 7) is 4.20. The zero-order valence-corrected chi connectivity index (χ0v) is 20.3. The van der Waals surface area contributed by atoms with Crippen LogP contribution in [0.15, 0.2) is 42.5 Å². The van der Waals surface area contributed by atoms with Crippen molar-refractivity contribution in [3.63, 3.8) is 0 Å². The summed E-state index contributed by atoms with van der Waals surface area (Å²) in [6, 6.07) is 13.1. The number of rotatable bonds is 8.